The van der Waals surface area contributed by atoms with E-state index in [0.29, 0.717) is 0 Å². The van der Waals surface area contributed by atoms with Gasteiger partial charge in [0.25, 0.3) is 0 Å². The first-order valence-electron chi connectivity index (χ1n) is 8.02. The zero-order chi connectivity index (χ0) is 13.9. The van der Waals surface area contributed by atoms with E-state index in [1.165, 1.54) is 50.1 Å². The van der Waals surface area contributed by atoms with E-state index in [9.17, 15) is 0 Å². The van der Waals surface area contributed by atoms with Crippen LogP contribution in [-0.2, 0) is 6.42 Å². The summed E-state index contributed by atoms with van der Waals surface area (Å²) in [5.41, 5.74) is 8.59. The molecule has 2 N–H and O–H groups in total. The molecule has 1 aromatic rings. The Balaban J connectivity index is 1.76. The van der Waals surface area contributed by atoms with Crippen molar-refractivity contribution in [3.63, 3.8) is 0 Å². The minimum atomic E-state index is 0.736. The Morgan fingerprint density at radius 3 is 2.90 bits per heavy atom. The monoisotopic (exact) mass is 273 g/mol. The van der Waals surface area contributed by atoms with Crippen molar-refractivity contribution in [3.8, 4) is 0 Å². The second-order valence-corrected chi connectivity index (χ2v) is 6.35. The third-order valence-electron chi connectivity index (χ3n) is 5.09. The van der Waals surface area contributed by atoms with E-state index in [4.69, 9.17) is 5.73 Å². The molecule has 2 aliphatic rings. The quantitative estimate of drug-likeness (QED) is 0.915. The molecule has 3 heteroatoms. The van der Waals surface area contributed by atoms with Crippen LogP contribution in [0.4, 0.5) is 5.69 Å². The van der Waals surface area contributed by atoms with E-state index in [-0.39, 0.29) is 0 Å². The summed E-state index contributed by atoms with van der Waals surface area (Å²) < 4.78 is 0. The van der Waals surface area contributed by atoms with Crippen molar-refractivity contribution < 1.29 is 0 Å². The number of para-hydroxylation sites is 1. The third kappa shape index (κ3) is 2.70. The number of piperidine rings is 2. The van der Waals surface area contributed by atoms with Crippen molar-refractivity contribution >= 4 is 5.69 Å². The summed E-state index contributed by atoms with van der Waals surface area (Å²) in [6.45, 7) is 4.42. The number of nitrogens with two attached hydrogens (primary N) is 1. The van der Waals surface area contributed by atoms with Gasteiger partial charge < -0.3 is 15.5 Å². The van der Waals surface area contributed by atoms with Crippen LogP contribution in [0.5, 0.6) is 0 Å². The summed E-state index contributed by atoms with van der Waals surface area (Å²) >= 11 is 0. The average molecular weight is 273 g/mol. The minimum absolute atomic E-state index is 0.736. The van der Waals surface area contributed by atoms with E-state index < -0.39 is 0 Å². The molecule has 0 aromatic heterocycles. The van der Waals surface area contributed by atoms with Gasteiger partial charge in [0.05, 0.1) is 0 Å². The molecule has 3 rings (SSSR count). The Hall–Kier alpha value is -1.06. The van der Waals surface area contributed by atoms with Crippen LogP contribution in [0.15, 0.2) is 24.3 Å². The lowest BCUT2D eigenvalue weighted by atomic mass is 9.84. The van der Waals surface area contributed by atoms with E-state index in [0.717, 1.165) is 24.9 Å². The van der Waals surface area contributed by atoms with E-state index in [1.54, 1.807) is 0 Å². The van der Waals surface area contributed by atoms with Crippen LogP contribution in [-0.4, -0.2) is 44.2 Å². The Labute approximate surface area is 122 Å². The van der Waals surface area contributed by atoms with Crippen molar-refractivity contribution in [3.05, 3.63) is 29.8 Å². The van der Waals surface area contributed by atoms with Crippen molar-refractivity contribution in [1.82, 2.24) is 4.90 Å². The molecule has 2 heterocycles. The number of hydrogen-bond acceptors (Lipinski definition) is 3. The Kier molecular flexibility index (Phi) is 4.27. The van der Waals surface area contributed by atoms with E-state index >= 15 is 0 Å². The number of fused-ring (bicyclic) bond motifs is 1. The van der Waals surface area contributed by atoms with Gasteiger partial charge in [-0.15, -0.1) is 0 Å². The number of nitrogens with zero attached hydrogens (tertiary/aromatic N) is 2. The van der Waals surface area contributed by atoms with Crippen LogP contribution >= 0.6 is 0 Å². The molecule has 0 saturated carbocycles. The van der Waals surface area contributed by atoms with Crippen LogP contribution < -0.4 is 10.6 Å². The molecule has 2 aliphatic heterocycles. The normalized spacial score (nSPS) is 27.4. The van der Waals surface area contributed by atoms with Crippen molar-refractivity contribution in [2.75, 3.05) is 38.1 Å². The highest BCUT2D eigenvalue weighted by Crippen LogP contribution is 2.33. The molecule has 2 unspecified atom stereocenters. The van der Waals surface area contributed by atoms with Gasteiger partial charge in [-0.25, -0.2) is 0 Å². The first kappa shape index (κ1) is 13.9. The second kappa shape index (κ2) is 6.15. The molecule has 1 aromatic carbocycles. The third-order valence-corrected chi connectivity index (χ3v) is 5.09. The van der Waals surface area contributed by atoms with Crippen molar-refractivity contribution in [2.24, 2.45) is 11.7 Å². The summed E-state index contributed by atoms with van der Waals surface area (Å²) in [5.74, 6) is 0.841. The molecule has 0 spiro atoms. The zero-order valence-corrected chi connectivity index (χ0v) is 12.6. The highest BCUT2D eigenvalue weighted by atomic mass is 15.2. The number of likely N-dealkylation sites (tertiary alicyclic amines) is 1. The maximum absolute atomic E-state index is 5.76. The van der Waals surface area contributed by atoms with Gasteiger partial charge in [-0.1, -0.05) is 18.2 Å². The Morgan fingerprint density at radius 1 is 1.20 bits per heavy atom. The summed E-state index contributed by atoms with van der Waals surface area (Å²) in [6.07, 6.45) is 5.04. The minimum Gasteiger partial charge on any atom is -0.371 e. The number of hydrogen-bond donors (Lipinski definition) is 1. The summed E-state index contributed by atoms with van der Waals surface area (Å²) in [6, 6.07) is 9.62. The van der Waals surface area contributed by atoms with Crippen molar-refractivity contribution in [1.29, 1.82) is 0 Å². The average Bonchev–Trinajstić information content (AvgIpc) is 2.48. The summed E-state index contributed by atoms with van der Waals surface area (Å²) in [4.78, 5) is 5.18. The maximum atomic E-state index is 5.76. The van der Waals surface area contributed by atoms with E-state index in [2.05, 4.69) is 41.1 Å². The lowest BCUT2D eigenvalue weighted by molar-refractivity contribution is 0.102. The van der Waals surface area contributed by atoms with Gasteiger partial charge in [0.2, 0.25) is 0 Å². The molecule has 0 bridgehead atoms. The first-order chi connectivity index (χ1) is 9.79. The molecule has 2 saturated heterocycles. The molecule has 20 heavy (non-hydrogen) atoms. The van der Waals surface area contributed by atoms with Gasteiger partial charge in [0.1, 0.15) is 0 Å². The first-order valence-corrected chi connectivity index (χ1v) is 8.02. The molecular formula is C17H27N3. The van der Waals surface area contributed by atoms with Gasteiger partial charge in [-0.05, 0) is 63.4 Å². The fourth-order valence-corrected chi connectivity index (χ4v) is 4.06. The summed E-state index contributed by atoms with van der Waals surface area (Å²) in [7, 11) is 2.30. The maximum Gasteiger partial charge on any atom is 0.0399 e. The predicted octanol–water partition coefficient (Wildman–Crippen LogP) is 2.11. The molecular weight excluding hydrogens is 246 g/mol. The molecule has 2 atom stereocenters. The largest absolute Gasteiger partial charge is 0.371 e. The zero-order valence-electron chi connectivity index (χ0n) is 12.6. The fraction of sp³-hybridized carbons (Fsp3) is 0.647. The highest BCUT2D eigenvalue weighted by Gasteiger charge is 2.34. The smallest absolute Gasteiger partial charge is 0.0399 e. The van der Waals surface area contributed by atoms with Gasteiger partial charge in [0.15, 0.2) is 0 Å². The summed E-state index contributed by atoms with van der Waals surface area (Å²) in [5, 5.41) is 0. The van der Waals surface area contributed by atoms with Gasteiger partial charge >= 0.3 is 0 Å². The standard InChI is InChI=1S/C17H27N3/c1-19-11-4-6-15-13-20(12-9-16(15)19)17-7-3-2-5-14(17)8-10-18/h2-3,5,7,15-16H,4,6,8-13,18H2,1H3. The molecule has 2 fully saturated rings. The fourth-order valence-electron chi connectivity index (χ4n) is 4.06. The SMILES string of the molecule is CN1CCCC2CN(c3ccccc3CCN)CCC21. The highest BCUT2D eigenvalue weighted by molar-refractivity contribution is 5.54. The van der Waals surface area contributed by atoms with Crippen LogP contribution in [0.25, 0.3) is 0 Å². The lowest BCUT2D eigenvalue weighted by Gasteiger charge is -2.47. The molecule has 0 radical (unpaired) electrons. The van der Waals surface area contributed by atoms with Crippen LogP contribution in [0.1, 0.15) is 24.8 Å². The van der Waals surface area contributed by atoms with Crippen LogP contribution in [0.3, 0.4) is 0 Å². The predicted molar refractivity (Wildman–Crippen MR) is 85.2 cm³/mol. The van der Waals surface area contributed by atoms with Crippen LogP contribution in [0, 0.1) is 5.92 Å². The number of anilines is 1. The molecule has 0 aliphatic carbocycles. The second-order valence-electron chi connectivity index (χ2n) is 6.35. The van der Waals surface area contributed by atoms with E-state index in [1.807, 2.05) is 0 Å². The van der Waals surface area contributed by atoms with Gasteiger partial charge in [0, 0.05) is 24.8 Å². The Morgan fingerprint density at radius 2 is 2.05 bits per heavy atom. The number of benzene rings is 1. The lowest BCUT2D eigenvalue weighted by Crippen LogP contribution is -2.52. The molecule has 110 valence electrons. The Bertz CT molecular complexity index is 446. The topological polar surface area (TPSA) is 32.5 Å². The van der Waals surface area contributed by atoms with Crippen molar-refractivity contribution in [2.45, 2.75) is 31.7 Å². The molecule has 0 amide bonds. The van der Waals surface area contributed by atoms with Crippen LogP contribution in [0.2, 0.25) is 0 Å². The molecule has 3 nitrogen and oxygen atoms in total. The van der Waals surface area contributed by atoms with Gasteiger partial charge in [-0.2, -0.15) is 0 Å². The van der Waals surface area contributed by atoms with Gasteiger partial charge in [-0.3, -0.25) is 0 Å². The number of rotatable bonds is 3.